The van der Waals surface area contributed by atoms with E-state index < -0.39 is 21.5 Å². The summed E-state index contributed by atoms with van der Waals surface area (Å²) >= 11 is 1.26. The molecule has 3 aromatic rings. The summed E-state index contributed by atoms with van der Waals surface area (Å²) in [6, 6.07) is 7.32. The highest BCUT2D eigenvalue weighted by Gasteiger charge is 2.29. The van der Waals surface area contributed by atoms with Gasteiger partial charge in [0.05, 0.1) is 26.4 Å². The molecule has 1 aliphatic rings. The fraction of sp³-hybridized carbons (Fsp3) is 0.364. The van der Waals surface area contributed by atoms with Gasteiger partial charge in [-0.05, 0) is 38.1 Å². The molecule has 2 aromatic carbocycles. The number of piperazine rings is 1. The summed E-state index contributed by atoms with van der Waals surface area (Å²) in [6.07, 6.45) is -0.129. The molecule has 10 heteroatoms. The van der Waals surface area contributed by atoms with E-state index in [9.17, 15) is 22.0 Å². The van der Waals surface area contributed by atoms with Crippen LogP contribution >= 0.6 is 11.3 Å². The summed E-state index contributed by atoms with van der Waals surface area (Å²) in [5.74, 6) is -1.75. The second-order valence-corrected chi connectivity index (χ2v) is 10.9. The Balaban J connectivity index is 1.41. The summed E-state index contributed by atoms with van der Waals surface area (Å²) in [7, 11) is -3.65. The maximum absolute atomic E-state index is 13.9. The van der Waals surface area contributed by atoms with E-state index in [1.165, 1.54) is 30.4 Å². The number of aromatic nitrogens is 1. The number of hydrogen-bond acceptors (Lipinski definition) is 6. The van der Waals surface area contributed by atoms with Crippen LogP contribution in [0.3, 0.4) is 0 Å². The Labute approximate surface area is 189 Å². The van der Waals surface area contributed by atoms with Crippen LogP contribution < -0.4 is 4.90 Å². The number of carbonyl (C=O) groups is 1. The molecule has 6 nitrogen and oxygen atoms in total. The number of carbonyl (C=O) groups excluding carboxylic acids is 1. The Morgan fingerprint density at radius 1 is 1.22 bits per heavy atom. The largest absolute Gasteiger partial charge is 0.368 e. The van der Waals surface area contributed by atoms with Crippen LogP contribution in [-0.4, -0.2) is 55.6 Å². The quantitative estimate of drug-likeness (QED) is 0.557. The van der Waals surface area contributed by atoms with E-state index in [0.717, 1.165) is 0 Å². The molecule has 2 heterocycles. The fourth-order valence-electron chi connectivity index (χ4n) is 3.96. The van der Waals surface area contributed by atoms with Crippen molar-refractivity contribution in [3.05, 3.63) is 53.0 Å². The summed E-state index contributed by atoms with van der Waals surface area (Å²) in [6.45, 7) is 4.39. The average molecular weight is 480 g/mol. The predicted octanol–water partition coefficient (Wildman–Crippen LogP) is 3.78. The molecule has 0 bridgehead atoms. The lowest BCUT2D eigenvalue weighted by Gasteiger charge is -2.41. The highest BCUT2D eigenvalue weighted by atomic mass is 32.2. The van der Waals surface area contributed by atoms with Crippen LogP contribution in [0.2, 0.25) is 0 Å². The third kappa shape index (κ3) is 4.33. The molecule has 1 saturated heterocycles. The number of hydrogen-bond donors (Lipinski definition) is 0. The minimum atomic E-state index is -3.65. The van der Waals surface area contributed by atoms with Gasteiger partial charge in [-0.15, -0.1) is 11.3 Å². The van der Waals surface area contributed by atoms with Crippen molar-refractivity contribution in [2.75, 3.05) is 30.3 Å². The van der Waals surface area contributed by atoms with E-state index in [1.54, 1.807) is 28.6 Å². The molecule has 0 spiro atoms. The highest BCUT2D eigenvalue weighted by Crippen LogP contribution is 2.28. The number of amides is 1. The maximum atomic E-state index is 13.9. The number of rotatable bonds is 5. The highest BCUT2D eigenvalue weighted by molar-refractivity contribution is 7.91. The molecule has 1 amide bonds. The van der Waals surface area contributed by atoms with Crippen molar-refractivity contribution in [1.82, 2.24) is 9.88 Å². The zero-order valence-corrected chi connectivity index (χ0v) is 19.3. The minimum absolute atomic E-state index is 0.0224. The van der Waals surface area contributed by atoms with Crippen molar-refractivity contribution < 1.29 is 22.0 Å². The first-order valence-corrected chi connectivity index (χ1v) is 12.8. The Kier molecular flexibility index (Phi) is 6.17. The van der Waals surface area contributed by atoms with Gasteiger partial charge in [-0.3, -0.25) is 4.79 Å². The van der Waals surface area contributed by atoms with Crippen LogP contribution in [0.15, 0.2) is 40.7 Å². The van der Waals surface area contributed by atoms with E-state index >= 15 is 0 Å². The van der Waals surface area contributed by atoms with Crippen molar-refractivity contribution in [2.45, 2.75) is 31.2 Å². The van der Waals surface area contributed by atoms with Crippen molar-refractivity contribution in [3.63, 3.8) is 0 Å². The van der Waals surface area contributed by atoms with E-state index in [2.05, 4.69) is 4.98 Å². The van der Waals surface area contributed by atoms with Crippen LogP contribution in [0.5, 0.6) is 0 Å². The normalized spacial score (nSPS) is 17.2. The predicted molar refractivity (Wildman–Crippen MR) is 121 cm³/mol. The topological polar surface area (TPSA) is 70.6 Å². The van der Waals surface area contributed by atoms with Gasteiger partial charge in [-0.2, -0.15) is 0 Å². The van der Waals surface area contributed by atoms with Crippen molar-refractivity contribution in [2.24, 2.45) is 0 Å². The zero-order valence-electron chi connectivity index (χ0n) is 17.7. The lowest BCUT2D eigenvalue weighted by atomic mass is 10.1. The summed E-state index contributed by atoms with van der Waals surface area (Å²) in [5, 5.41) is 0. The molecule has 0 saturated carbocycles. The third-order valence-corrected chi connectivity index (χ3v) is 8.58. The van der Waals surface area contributed by atoms with Crippen molar-refractivity contribution >= 4 is 43.0 Å². The van der Waals surface area contributed by atoms with Gasteiger partial charge in [0.1, 0.15) is 11.6 Å². The smallest absolute Gasteiger partial charge is 0.223 e. The molecule has 0 radical (unpaired) electrons. The first kappa shape index (κ1) is 22.6. The van der Waals surface area contributed by atoms with Gasteiger partial charge in [-0.1, -0.05) is 6.07 Å². The van der Waals surface area contributed by atoms with Gasteiger partial charge >= 0.3 is 0 Å². The summed E-state index contributed by atoms with van der Waals surface area (Å²) in [4.78, 5) is 20.6. The second kappa shape index (κ2) is 8.74. The molecule has 170 valence electrons. The number of anilines is 1. The molecule has 0 aliphatic carbocycles. The van der Waals surface area contributed by atoms with Crippen molar-refractivity contribution in [3.8, 4) is 0 Å². The Morgan fingerprint density at radius 2 is 1.94 bits per heavy atom. The summed E-state index contributed by atoms with van der Waals surface area (Å²) in [5.41, 5.74) is 2.63. The second-order valence-electron chi connectivity index (χ2n) is 7.94. The Hall–Kier alpha value is -2.59. The molecule has 1 aromatic heterocycles. The van der Waals surface area contributed by atoms with Gasteiger partial charge in [0.25, 0.3) is 0 Å². The minimum Gasteiger partial charge on any atom is -0.368 e. The SMILES string of the molecule is Cc1c(F)cc(N2CCN(C(=O)CCS(=O)(=O)c3cccc4ncsc34)[C@@H](C)C2)cc1F. The Bertz CT molecular complexity index is 1250. The summed E-state index contributed by atoms with van der Waals surface area (Å²) < 4.78 is 54.2. The monoisotopic (exact) mass is 479 g/mol. The molecule has 0 unspecified atom stereocenters. The number of nitrogens with zero attached hydrogens (tertiary/aromatic N) is 3. The van der Waals surface area contributed by atoms with E-state index in [1.807, 2.05) is 11.8 Å². The van der Waals surface area contributed by atoms with Crippen LogP contribution in [0.4, 0.5) is 14.5 Å². The number of benzene rings is 2. The standard InChI is InChI=1S/C22H23F2N3O3S2/c1-14-12-26(16-10-17(23)15(2)18(24)11-16)7-8-27(14)21(28)6-9-32(29,30)20-5-3-4-19-22(20)31-13-25-19/h3-5,10-11,13-14H,6-9,12H2,1-2H3/t14-/m0/s1. The van der Waals surface area contributed by atoms with Crippen LogP contribution in [-0.2, 0) is 14.6 Å². The Morgan fingerprint density at radius 3 is 2.62 bits per heavy atom. The van der Waals surface area contributed by atoms with Gasteiger partial charge in [-0.25, -0.2) is 22.2 Å². The molecular formula is C22H23F2N3O3S2. The molecule has 0 N–H and O–H groups in total. The van der Waals surface area contributed by atoms with Gasteiger partial charge in [0.15, 0.2) is 9.84 Å². The van der Waals surface area contributed by atoms with E-state index in [4.69, 9.17) is 0 Å². The first-order chi connectivity index (χ1) is 15.2. The molecule has 4 rings (SSSR count). The number of halogens is 2. The van der Waals surface area contributed by atoms with Gasteiger partial charge in [0.2, 0.25) is 5.91 Å². The van der Waals surface area contributed by atoms with Crippen LogP contribution in [0.1, 0.15) is 18.9 Å². The zero-order chi connectivity index (χ0) is 23.0. The number of fused-ring (bicyclic) bond motifs is 1. The lowest BCUT2D eigenvalue weighted by Crippen LogP contribution is -2.54. The molecule has 1 atom stereocenters. The molecule has 32 heavy (non-hydrogen) atoms. The van der Waals surface area contributed by atoms with Crippen molar-refractivity contribution in [1.29, 1.82) is 0 Å². The van der Waals surface area contributed by atoms with Crippen LogP contribution in [0, 0.1) is 18.6 Å². The van der Waals surface area contributed by atoms with E-state index in [0.29, 0.717) is 35.5 Å². The molecule has 1 fully saturated rings. The average Bonchev–Trinajstić information content (AvgIpc) is 3.24. The molecular weight excluding hydrogens is 456 g/mol. The number of sulfone groups is 1. The molecule has 1 aliphatic heterocycles. The number of thiazole rings is 1. The lowest BCUT2D eigenvalue weighted by molar-refractivity contribution is -0.133. The third-order valence-electron chi connectivity index (χ3n) is 5.82. The van der Waals surface area contributed by atoms with Crippen LogP contribution in [0.25, 0.3) is 10.2 Å². The first-order valence-electron chi connectivity index (χ1n) is 10.2. The maximum Gasteiger partial charge on any atom is 0.223 e. The van der Waals surface area contributed by atoms with Gasteiger partial charge < -0.3 is 9.80 Å². The van der Waals surface area contributed by atoms with E-state index in [-0.39, 0.29) is 34.6 Å². The van der Waals surface area contributed by atoms with Gasteiger partial charge in [0, 0.05) is 43.3 Å². The fourth-order valence-corrected chi connectivity index (χ4v) is 6.52.